The van der Waals surface area contributed by atoms with Gasteiger partial charge < -0.3 is 9.47 Å². The van der Waals surface area contributed by atoms with Gasteiger partial charge in [0.2, 0.25) is 0 Å². The average molecular weight is 343 g/mol. The minimum atomic E-state index is -0.307. The fourth-order valence-electron chi connectivity index (χ4n) is 1.89. The number of benzene rings is 2. The van der Waals surface area contributed by atoms with Crippen molar-refractivity contribution in [2.45, 2.75) is 0 Å². The number of carbonyl (C=O) groups is 1. The SMILES string of the molecule is C#CCOc1c(Cl)cc(/C=N/NC(=O)c2ccccc2)cc1OC. The lowest BCUT2D eigenvalue weighted by atomic mass is 10.2. The molecular weight excluding hydrogens is 328 g/mol. The molecule has 6 heteroatoms. The molecule has 0 aliphatic rings. The van der Waals surface area contributed by atoms with Crippen LogP contribution in [0, 0.1) is 12.3 Å². The van der Waals surface area contributed by atoms with Gasteiger partial charge in [-0.25, -0.2) is 5.43 Å². The van der Waals surface area contributed by atoms with Crippen molar-refractivity contribution in [1.29, 1.82) is 0 Å². The quantitative estimate of drug-likeness (QED) is 0.498. The lowest BCUT2D eigenvalue weighted by Crippen LogP contribution is -2.17. The van der Waals surface area contributed by atoms with Crippen molar-refractivity contribution >= 4 is 23.7 Å². The maximum absolute atomic E-state index is 11.9. The molecule has 5 nitrogen and oxygen atoms in total. The highest BCUT2D eigenvalue weighted by molar-refractivity contribution is 6.32. The van der Waals surface area contributed by atoms with Crippen LogP contribution in [0.1, 0.15) is 15.9 Å². The summed E-state index contributed by atoms with van der Waals surface area (Å²) in [5.41, 5.74) is 3.60. The number of terminal acetylenes is 1. The summed E-state index contributed by atoms with van der Waals surface area (Å²) in [6, 6.07) is 12.1. The third-order valence-electron chi connectivity index (χ3n) is 2.97. The Morgan fingerprint density at radius 1 is 1.38 bits per heavy atom. The van der Waals surface area contributed by atoms with Gasteiger partial charge in [0.05, 0.1) is 18.3 Å². The largest absolute Gasteiger partial charge is 0.493 e. The zero-order valence-electron chi connectivity index (χ0n) is 13.0. The molecule has 0 spiro atoms. The molecule has 122 valence electrons. The van der Waals surface area contributed by atoms with E-state index in [-0.39, 0.29) is 12.5 Å². The molecule has 0 fully saturated rings. The number of nitrogens with zero attached hydrogens (tertiary/aromatic N) is 1. The lowest BCUT2D eigenvalue weighted by molar-refractivity contribution is 0.0955. The van der Waals surface area contributed by atoms with Crippen molar-refractivity contribution in [2.24, 2.45) is 5.10 Å². The van der Waals surface area contributed by atoms with E-state index in [1.807, 2.05) is 6.07 Å². The second-order valence-corrected chi connectivity index (χ2v) is 5.00. The van der Waals surface area contributed by atoms with Gasteiger partial charge in [-0.05, 0) is 29.8 Å². The van der Waals surface area contributed by atoms with Gasteiger partial charge in [-0.2, -0.15) is 5.10 Å². The predicted octanol–water partition coefficient (Wildman–Crippen LogP) is 3.12. The average Bonchev–Trinajstić information content (AvgIpc) is 2.61. The first-order valence-corrected chi connectivity index (χ1v) is 7.35. The summed E-state index contributed by atoms with van der Waals surface area (Å²) in [5.74, 6) is 2.84. The van der Waals surface area contributed by atoms with E-state index >= 15 is 0 Å². The van der Waals surface area contributed by atoms with Gasteiger partial charge in [-0.3, -0.25) is 4.79 Å². The molecule has 0 aromatic heterocycles. The van der Waals surface area contributed by atoms with Crippen molar-refractivity contribution in [3.8, 4) is 23.8 Å². The van der Waals surface area contributed by atoms with Crippen molar-refractivity contribution in [3.63, 3.8) is 0 Å². The zero-order chi connectivity index (χ0) is 17.4. The van der Waals surface area contributed by atoms with Gasteiger partial charge in [0.1, 0.15) is 6.61 Å². The number of carbonyl (C=O) groups excluding carboxylic acids is 1. The number of rotatable bonds is 6. The molecule has 24 heavy (non-hydrogen) atoms. The zero-order valence-corrected chi connectivity index (χ0v) is 13.7. The fraction of sp³-hybridized carbons (Fsp3) is 0.111. The molecule has 1 amide bonds. The predicted molar refractivity (Wildman–Crippen MR) is 93.8 cm³/mol. The first-order chi connectivity index (χ1) is 11.7. The molecule has 0 heterocycles. The van der Waals surface area contributed by atoms with E-state index < -0.39 is 0 Å². The summed E-state index contributed by atoms with van der Waals surface area (Å²) in [4.78, 5) is 11.9. The molecule has 0 atom stereocenters. The fourth-order valence-corrected chi connectivity index (χ4v) is 2.16. The molecule has 1 N–H and O–H groups in total. The first kappa shape index (κ1) is 17.4. The Morgan fingerprint density at radius 2 is 2.12 bits per heavy atom. The highest BCUT2D eigenvalue weighted by Crippen LogP contribution is 2.35. The smallest absolute Gasteiger partial charge is 0.271 e. The molecule has 0 saturated heterocycles. The Bertz CT molecular complexity index is 783. The summed E-state index contributed by atoms with van der Waals surface area (Å²) in [6.07, 6.45) is 6.63. The normalized spacial score (nSPS) is 10.2. The molecule has 0 saturated carbocycles. The van der Waals surface area contributed by atoms with Crippen LogP contribution in [0.15, 0.2) is 47.6 Å². The van der Waals surface area contributed by atoms with Crippen LogP contribution in [0.5, 0.6) is 11.5 Å². The highest BCUT2D eigenvalue weighted by Gasteiger charge is 2.11. The molecule has 0 aliphatic heterocycles. The molecule has 2 aromatic rings. The van der Waals surface area contributed by atoms with Crippen LogP contribution in [-0.2, 0) is 0 Å². The number of nitrogens with one attached hydrogen (secondary N) is 1. The minimum absolute atomic E-state index is 0.0800. The summed E-state index contributed by atoms with van der Waals surface area (Å²) in [6.45, 7) is 0.0800. The Hall–Kier alpha value is -2.97. The third kappa shape index (κ3) is 4.51. The van der Waals surface area contributed by atoms with E-state index in [0.29, 0.717) is 27.6 Å². The number of amides is 1. The number of methoxy groups -OCH3 is 1. The van der Waals surface area contributed by atoms with Crippen LogP contribution in [0.25, 0.3) is 0 Å². The van der Waals surface area contributed by atoms with Gasteiger partial charge in [0.15, 0.2) is 11.5 Å². The van der Waals surface area contributed by atoms with Crippen LogP contribution >= 0.6 is 11.6 Å². The topological polar surface area (TPSA) is 59.9 Å². The Morgan fingerprint density at radius 3 is 2.79 bits per heavy atom. The monoisotopic (exact) mass is 342 g/mol. The lowest BCUT2D eigenvalue weighted by Gasteiger charge is -2.11. The maximum Gasteiger partial charge on any atom is 0.271 e. The standard InChI is InChI=1S/C18H15ClN2O3/c1-3-9-24-17-15(19)10-13(11-16(17)23-2)12-20-21-18(22)14-7-5-4-6-8-14/h1,4-8,10-12H,9H2,2H3,(H,21,22)/b20-12+. The summed E-state index contributed by atoms with van der Waals surface area (Å²) >= 11 is 6.16. The number of ether oxygens (including phenoxy) is 2. The number of hydrogen-bond donors (Lipinski definition) is 1. The van der Waals surface area contributed by atoms with E-state index in [1.165, 1.54) is 13.3 Å². The van der Waals surface area contributed by atoms with Crippen LogP contribution < -0.4 is 14.9 Å². The van der Waals surface area contributed by atoms with Gasteiger partial charge in [-0.15, -0.1) is 6.42 Å². The Kier molecular flexibility index (Phi) is 6.23. The molecule has 2 aromatic carbocycles. The Labute approximate surface area is 145 Å². The van der Waals surface area contributed by atoms with Crippen molar-refractivity contribution in [2.75, 3.05) is 13.7 Å². The van der Waals surface area contributed by atoms with Crippen LogP contribution in [-0.4, -0.2) is 25.8 Å². The second-order valence-electron chi connectivity index (χ2n) is 4.59. The highest BCUT2D eigenvalue weighted by atomic mass is 35.5. The molecule has 0 bridgehead atoms. The Balaban J connectivity index is 2.11. The van der Waals surface area contributed by atoms with Gasteiger partial charge in [-0.1, -0.05) is 35.7 Å². The van der Waals surface area contributed by atoms with Crippen LogP contribution in [0.4, 0.5) is 0 Å². The third-order valence-corrected chi connectivity index (χ3v) is 3.25. The summed E-state index contributed by atoms with van der Waals surface area (Å²) < 4.78 is 10.6. The van der Waals surface area contributed by atoms with Gasteiger partial charge in [0.25, 0.3) is 5.91 Å². The van der Waals surface area contributed by atoms with E-state index in [0.717, 1.165) is 0 Å². The van der Waals surface area contributed by atoms with E-state index in [4.69, 9.17) is 27.5 Å². The molecular formula is C18H15ClN2O3. The van der Waals surface area contributed by atoms with Crippen molar-refractivity contribution < 1.29 is 14.3 Å². The molecule has 0 aliphatic carbocycles. The maximum atomic E-state index is 11.9. The second kappa shape index (κ2) is 8.61. The van der Waals surface area contributed by atoms with E-state index in [2.05, 4.69) is 16.4 Å². The van der Waals surface area contributed by atoms with Crippen molar-refractivity contribution in [3.05, 3.63) is 58.6 Å². The van der Waals surface area contributed by atoms with E-state index in [1.54, 1.807) is 36.4 Å². The van der Waals surface area contributed by atoms with E-state index in [9.17, 15) is 4.79 Å². The summed E-state index contributed by atoms with van der Waals surface area (Å²) in [7, 11) is 1.49. The summed E-state index contributed by atoms with van der Waals surface area (Å²) in [5, 5.41) is 4.25. The molecule has 2 rings (SSSR count). The van der Waals surface area contributed by atoms with Crippen LogP contribution in [0.3, 0.4) is 0 Å². The number of hydrogen-bond acceptors (Lipinski definition) is 4. The van der Waals surface area contributed by atoms with Crippen molar-refractivity contribution in [1.82, 2.24) is 5.43 Å². The minimum Gasteiger partial charge on any atom is -0.493 e. The molecule has 0 unspecified atom stereocenters. The first-order valence-electron chi connectivity index (χ1n) is 6.98. The van der Waals surface area contributed by atoms with Crippen LogP contribution in [0.2, 0.25) is 5.02 Å². The number of halogens is 1. The van der Waals surface area contributed by atoms with Gasteiger partial charge >= 0.3 is 0 Å². The molecule has 0 radical (unpaired) electrons. The van der Waals surface area contributed by atoms with Gasteiger partial charge in [0, 0.05) is 5.56 Å². The number of hydrazone groups is 1.